The number of oxime groups is 1. The number of para-hydroxylation sites is 1. The van der Waals surface area contributed by atoms with Gasteiger partial charge in [0.1, 0.15) is 5.82 Å². The van der Waals surface area contributed by atoms with Gasteiger partial charge < -0.3 is 15.5 Å². The molecule has 1 atom stereocenters. The largest absolute Gasteiger partial charge is 0.382 e. The fourth-order valence-electron chi connectivity index (χ4n) is 2.62. The van der Waals surface area contributed by atoms with Crippen LogP contribution in [0, 0.1) is 5.82 Å². The van der Waals surface area contributed by atoms with E-state index in [4.69, 9.17) is 4.84 Å². The molecule has 1 heterocycles. The number of benzene rings is 2. The van der Waals surface area contributed by atoms with Gasteiger partial charge in [0, 0.05) is 18.5 Å². The first-order chi connectivity index (χ1) is 13.1. The highest BCUT2D eigenvalue weighted by Crippen LogP contribution is 2.21. The Labute approximate surface area is 155 Å². The van der Waals surface area contributed by atoms with E-state index in [2.05, 4.69) is 22.4 Å². The molecule has 27 heavy (non-hydrogen) atoms. The Balaban J connectivity index is 1.67. The zero-order valence-corrected chi connectivity index (χ0v) is 14.4. The molecule has 0 bridgehead atoms. The lowest BCUT2D eigenvalue weighted by molar-refractivity contribution is -0.125. The van der Waals surface area contributed by atoms with Crippen LogP contribution in [-0.2, 0) is 9.63 Å². The number of carbonyl (C=O) groups is 2. The summed E-state index contributed by atoms with van der Waals surface area (Å²) in [7, 11) is 0. The molecule has 0 radical (unpaired) electrons. The Morgan fingerprint density at radius 2 is 2.07 bits per heavy atom. The fraction of sp³-hybridized carbons (Fsp3) is 0.150. The average molecular weight is 367 g/mol. The van der Waals surface area contributed by atoms with E-state index in [1.807, 2.05) is 0 Å². The molecule has 0 spiro atoms. The van der Waals surface area contributed by atoms with E-state index in [0.717, 1.165) is 0 Å². The van der Waals surface area contributed by atoms with E-state index >= 15 is 0 Å². The summed E-state index contributed by atoms with van der Waals surface area (Å²) in [5.74, 6) is -1.15. The van der Waals surface area contributed by atoms with Crippen molar-refractivity contribution in [1.29, 1.82) is 0 Å². The summed E-state index contributed by atoms with van der Waals surface area (Å²) in [6, 6.07) is 12.6. The van der Waals surface area contributed by atoms with Crippen LogP contribution in [0.25, 0.3) is 0 Å². The summed E-state index contributed by atoms with van der Waals surface area (Å²) in [6.45, 7) is 3.87. The highest BCUT2D eigenvalue weighted by Gasteiger charge is 2.29. The molecule has 0 fully saturated rings. The quantitative estimate of drug-likeness (QED) is 0.771. The van der Waals surface area contributed by atoms with Crippen molar-refractivity contribution in [3.63, 3.8) is 0 Å². The molecular formula is C20H18FN3O3. The first kappa shape index (κ1) is 18.3. The standard InChI is InChI=1S/C20H18FN3O3/c1-2-10-22-19(25)15-8-3-4-9-16(15)23-20(26)18-12-17(24-27-18)13-6-5-7-14(21)11-13/h2-9,11,18H,1,10,12H2,(H,22,25)(H,23,26)/t18-/m0/s1. The van der Waals surface area contributed by atoms with Crippen molar-refractivity contribution >= 4 is 23.2 Å². The van der Waals surface area contributed by atoms with Crippen molar-refractivity contribution < 1.29 is 18.8 Å². The second-order valence-electron chi connectivity index (χ2n) is 5.88. The van der Waals surface area contributed by atoms with Crippen molar-refractivity contribution in [2.45, 2.75) is 12.5 Å². The molecular weight excluding hydrogens is 349 g/mol. The molecule has 0 saturated heterocycles. The summed E-state index contributed by atoms with van der Waals surface area (Å²) < 4.78 is 13.4. The number of amides is 2. The van der Waals surface area contributed by atoms with E-state index in [9.17, 15) is 14.0 Å². The Hall–Kier alpha value is -3.48. The van der Waals surface area contributed by atoms with E-state index < -0.39 is 12.0 Å². The van der Waals surface area contributed by atoms with Gasteiger partial charge >= 0.3 is 0 Å². The van der Waals surface area contributed by atoms with Crippen molar-refractivity contribution in [2.24, 2.45) is 5.16 Å². The minimum absolute atomic E-state index is 0.208. The van der Waals surface area contributed by atoms with Crippen LogP contribution in [0.1, 0.15) is 22.3 Å². The second kappa shape index (κ2) is 8.27. The molecule has 2 amide bonds. The maximum Gasteiger partial charge on any atom is 0.268 e. The van der Waals surface area contributed by atoms with Gasteiger partial charge in [0.15, 0.2) is 0 Å². The Bertz CT molecular complexity index is 911. The van der Waals surface area contributed by atoms with E-state index in [1.54, 1.807) is 42.5 Å². The highest BCUT2D eigenvalue weighted by atomic mass is 19.1. The number of nitrogens with zero attached hydrogens (tertiary/aromatic N) is 1. The average Bonchev–Trinajstić information content (AvgIpc) is 3.17. The van der Waals surface area contributed by atoms with Crippen molar-refractivity contribution in [3.05, 3.63) is 78.1 Å². The zero-order valence-electron chi connectivity index (χ0n) is 14.4. The third-order valence-electron chi connectivity index (χ3n) is 3.96. The Kier molecular flexibility index (Phi) is 5.61. The summed E-state index contributed by atoms with van der Waals surface area (Å²) in [5, 5.41) is 9.25. The van der Waals surface area contributed by atoms with Gasteiger partial charge in [-0.2, -0.15) is 0 Å². The first-order valence-corrected chi connectivity index (χ1v) is 8.36. The third kappa shape index (κ3) is 4.38. The number of hydrogen-bond acceptors (Lipinski definition) is 4. The number of carbonyl (C=O) groups excluding carboxylic acids is 2. The Morgan fingerprint density at radius 3 is 2.85 bits per heavy atom. The van der Waals surface area contributed by atoms with Gasteiger partial charge in [-0.3, -0.25) is 9.59 Å². The summed E-state index contributed by atoms with van der Waals surface area (Å²) in [5.41, 5.74) is 1.75. The van der Waals surface area contributed by atoms with Gasteiger partial charge in [0.25, 0.3) is 11.8 Å². The van der Waals surface area contributed by atoms with Crippen LogP contribution in [0.15, 0.2) is 66.3 Å². The molecule has 6 nitrogen and oxygen atoms in total. The molecule has 7 heteroatoms. The smallest absolute Gasteiger partial charge is 0.268 e. The molecule has 2 aromatic rings. The van der Waals surface area contributed by atoms with E-state index in [-0.39, 0.29) is 18.1 Å². The summed E-state index contributed by atoms with van der Waals surface area (Å²) >= 11 is 0. The number of rotatable bonds is 6. The monoisotopic (exact) mass is 367 g/mol. The SMILES string of the molecule is C=CCNC(=O)c1ccccc1NC(=O)[C@@H]1CC(c2cccc(F)c2)=NO1. The minimum Gasteiger partial charge on any atom is -0.382 e. The maximum atomic E-state index is 13.4. The van der Waals surface area contributed by atoms with Crippen LogP contribution in [0.2, 0.25) is 0 Å². The van der Waals surface area contributed by atoms with Gasteiger partial charge in [0.05, 0.1) is 17.0 Å². The summed E-state index contributed by atoms with van der Waals surface area (Å²) in [6.07, 6.45) is 0.921. The van der Waals surface area contributed by atoms with E-state index in [0.29, 0.717) is 29.1 Å². The van der Waals surface area contributed by atoms with Crippen LogP contribution in [-0.4, -0.2) is 30.2 Å². The summed E-state index contributed by atoms with van der Waals surface area (Å²) in [4.78, 5) is 29.9. The topological polar surface area (TPSA) is 79.8 Å². The normalized spacial score (nSPS) is 15.4. The molecule has 1 aliphatic rings. The number of nitrogens with one attached hydrogen (secondary N) is 2. The lowest BCUT2D eigenvalue weighted by atomic mass is 10.0. The van der Waals surface area contributed by atoms with Gasteiger partial charge in [-0.25, -0.2) is 4.39 Å². The number of halogens is 1. The molecule has 2 aromatic carbocycles. The second-order valence-corrected chi connectivity index (χ2v) is 5.88. The molecule has 3 rings (SSSR count). The fourth-order valence-corrected chi connectivity index (χ4v) is 2.62. The third-order valence-corrected chi connectivity index (χ3v) is 3.96. The Morgan fingerprint density at radius 1 is 1.26 bits per heavy atom. The zero-order chi connectivity index (χ0) is 19.2. The number of hydrogen-bond donors (Lipinski definition) is 2. The first-order valence-electron chi connectivity index (χ1n) is 8.36. The van der Waals surface area contributed by atoms with Crippen molar-refractivity contribution in [2.75, 3.05) is 11.9 Å². The molecule has 0 saturated carbocycles. The van der Waals surface area contributed by atoms with Gasteiger partial charge in [-0.05, 0) is 24.3 Å². The molecule has 0 aliphatic carbocycles. The predicted octanol–water partition coefficient (Wildman–Crippen LogP) is 2.87. The van der Waals surface area contributed by atoms with Crippen LogP contribution < -0.4 is 10.6 Å². The highest BCUT2D eigenvalue weighted by molar-refractivity contribution is 6.08. The van der Waals surface area contributed by atoms with Crippen LogP contribution in [0.3, 0.4) is 0 Å². The minimum atomic E-state index is -0.854. The number of anilines is 1. The molecule has 138 valence electrons. The van der Waals surface area contributed by atoms with Crippen LogP contribution >= 0.6 is 0 Å². The van der Waals surface area contributed by atoms with Gasteiger partial charge in [-0.15, -0.1) is 6.58 Å². The molecule has 1 aliphatic heterocycles. The van der Waals surface area contributed by atoms with Gasteiger partial charge in [-0.1, -0.05) is 35.5 Å². The van der Waals surface area contributed by atoms with Crippen molar-refractivity contribution in [1.82, 2.24) is 5.32 Å². The van der Waals surface area contributed by atoms with Gasteiger partial charge in [0.2, 0.25) is 6.10 Å². The van der Waals surface area contributed by atoms with Crippen molar-refractivity contribution in [3.8, 4) is 0 Å². The molecule has 2 N–H and O–H groups in total. The molecule has 0 unspecified atom stereocenters. The molecule has 0 aromatic heterocycles. The van der Waals surface area contributed by atoms with E-state index in [1.165, 1.54) is 12.1 Å². The predicted molar refractivity (Wildman–Crippen MR) is 100 cm³/mol. The lowest BCUT2D eigenvalue weighted by Crippen LogP contribution is -2.30. The maximum absolute atomic E-state index is 13.4. The van der Waals surface area contributed by atoms with Crippen LogP contribution in [0.5, 0.6) is 0 Å². The van der Waals surface area contributed by atoms with Crippen LogP contribution in [0.4, 0.5) is 10.1 Å². The lowest BCUT2D eigenvalue weighted by Gasteiger charge is -2.13.